The van der Waals surface area contributed by atoms with Gasteiger partial charge in [-0.2, -0.15) is 0 Å². The van der Waals surface area contributed by atoms with E-state index in [0.717, 1.165) is 10.0 Å². The van der Waals surface area contributed by atoms with Gasteiger partial charge in [0.2, 0.25) is 0 Å². The highest BCUT2D eigenvalue weighted by molar-refractivity contribution is 9.10. The van der Waals surface area contributed by atoms with E-state index in [1.165, 1.54) is 11.8 Å². The summed E-state index contributed by atoms with van der Waals surface area (Å²) in [5.74, 6) is 0.481. The Bertz CT molecular complexity index is 931. The van der Waals surface area contributed by atoms with E-state index in [1.54, 1.807) is 24.3 Å². The molecular weight excluding hydrogens is 459 g/mol. The number of rotatable bonds is 4. The van der Waals surface area contributed by atoms with Gasteiger partial charge in [0.1, 0.15) is 5.75 Å². The second-order valence-electron chi connectivity index (χ2n) is 5.17. The molecule has 26 heavy (non-hydrogen) atoms. The van der Waals surface area contributed by atoms with Crippen LogP contribution in [0.4, 0.5) is 5.69 Å². The van der Waals surface area contributed by atoms with E-state index in [4.69, 9.17) is 27.9 Å². The minimum atomic E-state index is -0.227. The number of thioether (sulfide) groups is 1. The van der Waals surface area contributed by atoms with Gasteiger partial charge in [0.25, 0.3) is 5.91 Å². The maximum Gasteiger partial charge on any atom is 0.264 e. The smallest absolute Gasteiger partial charge is 0.264 e. The van der Waals surface area contributed by atoms with Gasteiger partial charge in [-0.3, -0.25) is 4.79 Å². The Labute approximate surface area is 173 Å². The van der Waals surface area contributed by atoms with Crippen molar-refractivity contribution < 1.29 is 9.53 Å². The van der Waals surface area contributed by atoms with Gasteiger partial charge < -0.3 is 10.1 Å². The molecule has 4 nitrogen and oxygen atoms in total. The molecule has 0 saturated carbocycles. The molecule has 1 N–H and O–H groups in total. The molecule has 1 amide bonds. The third-order valence-corrected chi connectivity index (χ3v) is 5.57. The molecule has 1 fully saturated rings. The average Bonchev–Trinajstić information content (AvgIpc) is 2.94. The van der Waals surface area contributed by atoms with E-state index in [1.807, 2.05) is 25.1 Å². The monoisotopic (exact) mass is 470 g/mol. The second kappa shape index (κ2) is 8.48. The fraction of sp³-hybridized carbons (Fsp3) is 0.111. The first kappa shape index (κ1) is 19.3. The molecule has 1 heterocycles. The van der Waals surface area contributed by atoms with E-state index in [9.17, 15) is 4.79 Å². The van der Waals surface area contributed by atoms with Gasteiger partial charge in [0.05, 0.1) is 27.2 Å². The Morgan fingerprint density at radius 2 is 2.12 bits per heavy atom. The van der Waals surface area contributed by atoms with Crippen molar-refractivity contribution in [1.82, 2.24) is 5.32 Å². The van der Waals surface area contributed by atoms with Crippen LogP contribution in [0.15, 0.2) is 50.8 Å². The standard InChI is InChI=1S/C18H13BrCl2N2O2S/c1-2-25-14-7-6-11(19)8-10(14)9-15-17(24)23-18(26-15)22-13-5-3-4-12(20)16(13)21/h3-9H,2H2,1H3,(H,22,23,24)/b15-9+. The number of amidine groups is 1. The number of ether oxygens (including phenoxy) is 1. The predicted molar refractivity (Wildman–Crippen MR) is 113 cm³/mol. The number of hydrogen-bond donors (Lipinski definition) is 1. The first-order valence-corrected chi connectivity index (χ1v) is 10.0. The number of amides is 1. The van der Waals surface area contributed by atoms with Gasteiger partial charge in [-0.25, -0.2) is 4.99 Å². The third-order valence-electron chi connectivity index (χ3n) is 3.36. The van der Waals surface area contributed by atoms with Crippen molar-refractivity contribution in [3.63, 3.8) is 0 Å². The Balaban J connectivity index is 1.91. The van der Waals surface area contributed by atoms with Crippen molar-refractivity contribution in [2.24, 2.45) is 4.99 Å². The maximum atomic E-state index is 12.3. The summed E-state index contributed by atoms with van der Waals surface area (Å²) >= 11 is 16.8. The van der Waals surface area contributed by atoms with Crippen molar-refractivity contribution in [3.8, 4) is 5.75 Å². The zero-order valence-corrected chi connectivity index (χ0v) is 17.5. The van der Waals surface area contributed by atoms with Crippen molar-refractivity contribution in [2.75, 3.05) is 6.61 Å². The lowest BCUT2D eigenvalue weighted by Crippen LogP contribution is -2.19. The zero-order chi connectivity index (χ0) is 18.7. The highest BCUT2D eigenvalue weighted by atomic mass is 79.9. The normalized spacial score (nSPS) is 17.0. The lowest BCUT2D eigenvalue weighted by atomic mass is 10.2. The lowest BCUT2D eigenvalue weighted by molar-refractivity contribution is -0.115. The summed E-state index contributed by atoms with van der Waals surface area (Å²) < 4.78 is 6.52. The van der Waals surface area contributed by atoms with E-state index in [-0.39, 0.29) is 5.91 Å². The molecule has 0 atom stereocenters. The summed E-state index contributed by atoms with van der Waals surface area (Å²) in [6.07, 6.45) is 1.78. The Kier molecular flexibility index (Phi) is 6.29. The zero-order valence-electron chi connectivity index (χ0n) is 13.6. The fourth-order valence-electron chi connectivity index (χ4n) is 2.23. The van der Waals surface area contributed by atoms with Crippen LogP contribution in [0.5, 0.6) is 5.75 Å². The van der Waals surface area contributed by atoms with Crippen LogP contribution in [0.25, 0.3) is 6.08 Å². The van der Waals surface area contributed by atoms with Crippen LogP contribution in [-0.2, 0) is 4.79 Å². The Morgan fingerprint density at radius 1 is 1.31 bits per heavy atom. The number of carbonyl (C=O) groups is 1. The van der Waals surface area contributed by atoms with Gasteiger partial charge in [0.15, 0.2) is 5.17 Å². The summed E-state index contributed by atoms with van der Waals surface area (Å²) in [5.41, 5.74) is 1.31. The van der Waals surface area contributed by atoms with Crippen LogP contribution in [0, 0.1) is 0 Å². The van der Waals surface area contributed by atoms with Crippen molar-refractivity contribution in [1.29, 1.82) is 0 Å². The Morgan fingerprint density at radius 3 is 2.88 bits per heavy atom. The summed E-state index contributed by atoms with van der Waals surface area (Å²) in [4.78, 5) is 17.2. The predicted octanol–water partition coefficient (Wildman–Crippen LogP) is 6.05. The van der Waals surface area contributed by atoms with E-state index in [0.29, 0.717) is 38.2 Å². The molecular formula is C18H13BrCl2N2O2S. The fourth-order valence-corrected chi connectivity index (χ4v) is 3.77. The van der Waals surface area contributed by atoms with Crippen LogP contribution in [-0.4, -0.2) is 17.7 Å². The van der Waals surface area contributed by atoms with Gasteiger partial charge in [-0.15, -0.1) is 0 Å². The third kappa shape index (κ3) is 4.43. The number of nitrogens with one attached hydrogen (secondary N) is 1. The van der Waals surface area contributed by atoms with Crippen molar-refractivity contribution in [3.05, 3.63) is 61.4 Å². The van der Waals surface area contributed by atoms with E-state index < -0.39 is 0 Å². The SMILES string of the molecule is CCOc1ccc(Br)cc1/C=C1/SC(=Nc2cccc(Cl)c2Cl)NC1=O. The van der Waals surface area contributed by atoms with Gasteiger partial charge in [-0.05, 0) is 55.1 Å². The molecule has 2 aromatic rings. The number of benzene rings is 2. The molecule has 2 aromatic carbocycles. The first-order chi connectivity index (χ1) is 12.5. The summed E-state index contributed by atoms with van der Waals surface area (Å²) in [6, 6.07) is 10.8. The molecule has 0 aromatic heterocycles. The largest absolute Gasteiger partial charge is 0.493 e. The van der Waals surface area contributed by atoms with E-state index >= 15 is 0 Å². The molecule has 0 radical (unpaired) electrons. The van der Waals surface area contributed by atoms with Gasteiger partial charge >= 0.3 is 0 Å². The molecule has 134 valence electrons. The number of carbonyl (C=O) groups excluding carboxylic acids is 1. The molecule has 1 aliphatic rings. The second-order valence-corrected chi connectivity index (χ2v) is 7.90. The maximum absolute atomic E-state index is 12.3. The molecule has 8 heteroatoms. The van der Waals surface area contributed by atoms with Crippen molar-refractivity contribution in [2.45, 2.75) is 6.92 Å². The molecule has 3 rings (SSSR count). The molecule has 1 aliphatic heterocycles. The van der Waals surface area contributed by atoms with Crippen LogP contribution in [0.3, 0.4) is 0 Å². The highest BCUT2D eigenvalue weighted by Gasteiger charge is 2.24. The Hall–Kier alpha value is -1.47. The summed E-state index contributed by atoms with van der Waals surface area (Å²) in [7, 11) is 0. The number of hydrogen-bond acceptors (Lipinski definition) is 4. The van der Waals surface area contributed by atoms with Crippen LogP contribution < -0.4 is 10.1 Å². The van der Waals surface area contributed by atoms with Gasteiger partial charge in [-0.1, -0.05) is 45.2 Å². The average molecular weight is 472 g/mol. The topological polar surface area (TPSA) is 50.7 Å². The van der Waals surface area contributed by atoms with Crippen LogP contribution in [0.2, 0.25) is 10.0 Å². The number of halogens is 3. The lowest BCUT2D eigenvalue weighted by Gasteiger charge is -2.07. The van der Waals surface area contributed by atoms with Gasteiger partial charge in [0, 0.05) is 10.0 Å². The number of nitrogens with zero attached hydrogens (tertiary/aromatic N) is 1. The molecule has 0 unspecified atom stereocenters. The minimum absolute atomic E-state index is 0.227. The van der Waals surface area contributed by atoms with Crippen LogP contribution in [0.1, 0.15) is 12.5 Å². The minimum Gasteiger partial charge on any atom is -0.493 e. The van der Waals surface area contributed by atoms with Crippen molar-refractivity contribution >= 4 is 73.7 Å². The molecule has 0 bridgehead atoms. The summed E-state index contributed by atoms with van der Waals surface area (Å²) in [6.45, 7) is 2.45. The van der Waals surface area contributed by atoms with Crippen LogP contribution >= 0.6 is 50.9 Å². The molecule has 1 saturated heterocycles. The summed E-state index contributed by atoms with van der Waals surface area (Å²) in [5, 5.41) is 3.94. The molecule has 0 spiro atoms. The first-order valence-electron chi connectivity index (χ1n) is 7.64. The van der Waals surface area contributed by atoms with E-state index in [2.05, 4.69) is 26.2 Å². The highest BCUT2D eigenvalue weighted by Crippen LogP contribution is 2.35. The number of aliphatic imine (C=N–C) groups is 1. The molecule has 0 aliphatic carbocycles. The quantitative estimate of drug-likeness (QED) is 0.552.